The maximum Gasteiger partial charge on any atom is 0.307 e. The maximum absolute atomic E-state index is 13.8. The van der Waals surface area contributed by atoms with Gasteiger partial charge in [-0.05, 0) is 39.0 Å². The number of halogens is 1. The average Bonchev–Trinajstić information content (AvgIpc) is 2.86. The largest absolute Gasteiger partial charge is 0.481 e. The zero-order valence-electron chi connectivity index (χ0n) is 14.3. The van der Waals surface area contributed by atoms with E-state index in [0.29, 0.717) is 34.4 Å². The van der Waals surface area contributed by atoms with Gasteiger partial charge >= 0.3 is 5.97 Å². The number of nitrogens with one attached hydrogen (secondary N) is 2. The first kappa shape index (κ1) is 16.9. The number of rotatable bonds is 5. The van der Waals surface area contributed by atoms with E-state index in [9.17, 15) is 14.3 Å². The van der Waals surface area contributed by atoms with Crippen LogP contribution in [0.5, 0.6) is 0 Å². The number of carbonyl (C=O) groups is 1. The molecule has 0 aliphatic carbocycles. The number of aliphatic carboxylic acids is 1. The second-order valence-corrected chi connectivity index (χ2v) is 6.05. The molecular weight excluding hydrogens is 323 g/mol. The first-order chi connectivity index (χ1) is 11.9. The molecule has 0 spiro atoms. The van der Waals surface area contributed by atoms with Gasteiger partial charge in [-0.15, -0.1) is 0 Å². The van der Waals surface area contributed by atoms with Gasteiger partial charge in [0.15, 0.2) is 0 Å². The van der Waals surface area contributed by atoms with E-state index >= 15 is 0 Å². The third-order valence-corrected chi connectivity index (χ3v) is 4.31. The number of benzene rings is 1. The number of aryl methyl sites for hydroxylation is 3. The van der Waals surface area contributed by atoms with Crippen molar-refractivity contribution in [2.45, 2.75) is 33.7 Å². The van der Waals surface area contributed by atoms with E-state index in [-0.39, 0.29) is 6.42 Å². The molecule has 0 amide bonds. The SMILES string of the molecule is Cc1n[nH]c(C)c1CNc1c(CC(=O)O)c(C)nc2ccc(F)cc12. The first-order valence-electron chi connectivity index (χ1n) is 7.91. The Morgan fingerprint density at radius 3 is 2.64 bits per heavy atom. The summed E-state index contributed by atoms with van der Waals surface area (Å²) in [6.45, 7) is 6.04. The van der Waals surface area contributed by atoms with Crippen LogP contribution in [0.15, 0.2) is 18.2 Å². The highest BCUT2D eigenvalue weighted by atomic mass is 19.1. The molecule has 0 fully saturated rings. The van der Waals surface area contributed by atoms with Gasteiger partial charge in [0, 0.05) is 40.1 Å². The number of carboxylic acids is 1. The van der Waals surface area contributed by atoms with Gasteiger partial charge in [0.05, 0.1) is 17.6 Å². The first-order valence-corrected chi connectivity index (χ1v) is 7.91. The Balaban J connectivity index is 2.11. The van der Waals surface area contributed by atoms with Crippen LogP contribution in [0.3, 0.4) is 0 Å². The minimum absolute atomic E-state index is 0.184. The fraction of sp³-hybridized carbons (Fsp3) is 0.278. The number of hydrogen-bond donors (Lipinski definition) is 3. The molecule has 2 heterocycles. The number of nitrogens with zero attached hydrogens (tertiary/aromatic N) is 2. The van der Waals surface area contributed by atoms with Crippen LogP contribution in [-0.2, 0) is 17.8 Å². The molecule has 130 valence electrons. The number of H-pyrrole nitrogens is 1. The number of carboxylic acid groups (broad SMARTS) is 1. The summed E-state index contributed by atoms with van der Waals surface area (Å²) in [6.07, 6.45) is -0.184. The molecule has 0 saturated carbocycles. The van der Waals surface area contributed by atoms with Crippen molar-refractivity contribution in [3.63, 3.8) is 0 Å². The number of hydrogen-bond acceptors (Lipinski definition) is 4. The third-order valence-electron chi connectivity index (χ3n) is 4.31. The number of aromatic amines is 1. The molecule has 1 aromatic carbocycles. The van der Waals surface area contributed by atoms with Crippen molar-refractivity contribution >= 4 is 22.6 Å². The van der Waals surface area contributed by atoms with Crippen molar-refractivity contribution in [1.29, 1.82) is 0 Å². The Bertz CT molecular complexity index is 946. The van der Waals surface area contributed by atoms with Crippen LogP contribution in [0.2, 0.25) is 0 Å². The van der Waals surface area contributed by atoms with Crippen LogP contribution in [0.25, 0.3) is 10.9 Å². The topological polar surface area (TPSA) is 90.9 Å². The quantitative estimate of drug-likeness (QED) is 0.662. The minimum Gasteiger partial charge on any atom is -0.481 e. The number of aromatic nitrogens is 3. The van der Waals surface area contributed by atoms with Gasteiger partial charge in [-0.1, -0.05) is 0 Å². The second-order valence-electron chi connectivity index (χ2n) is 6.05. The van der Waals surface area contributed by atoms with E-state index < -0.39 is 11.8 Å². The molecule has 0 saturated heterocycles. The minimum atomic E-state index is -0.959. The van der Waals surface area contributed by atoms with E-state index in [4.69, 9.17) is 0 Å². The zero-order valence-corrected chi connectivity index (χ0v) is 14.3. The molecule has 0 aliphatic heterocycles. The number of pyridine rings is 1. The van der Waals surface area contributed by atoms with Crippen molar-refractivity contribution in [3.8, 4) is 0 Å². The van der Waals surface area contributed by atoms with Gasteiger partial charge in [-0.25, -0.2) is 4.39 Å². The molecule has 6 nitrogen and oxygen atoms in total. The summed E-state index contributed by atoms with van der Waals surface area (Å²) < 4.78 is 13.8. The van der Waals surface area contributed by atoms with E-state index in [1.54, 1.807) is 13.0 Å². The summed E-state index contributed by atoms with van der Waals surface area (Å²) in [5.41, 5.74) is 5.20. The van der Waals surface area contributed by atoms with E-state index in [0.717, 1.165) is 17.0 Å². The fourth-order valence-electron chi connectivity index (χ4n) is 2.98. The fourth-order valence-corrected chi connectivity index (χ4v) is 2.98. The van der Waals surface area contributed by atoms with Crippen molar-refractivity contribution in [3.05, 3.63) is 52.2 Å². The van der Waals surface area contributed by atoms with Crippen LogP contribution >= 0.6 is 0 Å². The molecule has 0 atom stereocenters. The maximum atomic E-state index is 13.8. The van der Waals surface area contributed by atoms with Crippen LogP contribution in [0.4, 0.5) is 10.1 Å². The number of fused-ring (bicyclic) bond motifs is 1. The van der Waals surface area contributed by atoms with Crippen molar-refractivity contribution in [1.82, 2.24) is 15.2 Å². The van der Waals surface area contributed by atoms with E-state index in [2.05, 4.69) is 20.5 Å². The Morgan fingerprint density at radius 2 is 2.00 bits per heavy atom. The molecule has 0 unspecified atom stereocenters. The highest BCUT2D eigenvalue weighted by molar-refractivity contribution is 5.95. The van der Waals surface area contributed by atoms with E-state index in [1.165, 1.54) is 12.1 Å². The summed E-state index contributed by atoms with van der Waals surface area (Å²) in [4.78, 5) is 15.7. The van der Waals surface area contributed by atoms with Crippen LogP contribution in [0.1, 0.15) is 28.2 Å². The van der Waals surface area contributed by atoms with Crippen molar-refractivity contribution in [2.75, 3.05) is 5.32 Å². The molecule has 3 rings (SSSR count). The predicted octanol–water partition coefficient (Wildman–Crippen LogP) is 3.26. The summed E-state index contributed by atoms with van der Waals surface area (Å²) >= 11 is 0. The highest BCUT2D eigenvalue weighted by Gasteiger charge is 2.17. The van der Waals surface area contributed by atoms with Gasteiger partial charge < -0.3 is 10.4 Å². The van der Waals surface area contributed by atoms with Gasteiger partial charge in [-0.2, -0.15) is 5.10 Å². The van der Waals surface area contributed by atoms with Crippen LogP contribution in [-0.4, -0.2) is 26.3 Å². The molecule has 0 radical (unpaired) electrons. The Hall–Kier alpha value is -2.96. The van der Waals surface area contributed by atoms with Gasteiger partial charge in [0.2, 0.25) is 0 Å². The normalized spacial score (nSPS) is 11.0. The second kappa shape index (κ2) is 6.51. The molecule has 0 aliphatic rings. The summed E-state index contributed by atoms with van der Waals surface area (Å²) in [6, 6.07) is 4.33. The molecule has 0 bridgehead atoms. The van der Waals surface area contributed by atoms with Crippen molar-refractivity contribution in [2.24, 2.45) is 0 Å². The highest BCUT2D eigenvalue weighted by Crippen LogP contribution is 2.30. The summed E-state index contributed by atoms with van der Waals surface area (Å²) in [7, 11) is 0. The Kier molecular flexibility index (Phi) is 4.39. The smallest absolute Gasteiger partial charge is 0.307 e. The predicted molar refractivity (Wildman–Crippen MR) is 93.2 cm³/mol. The molecule has 3 aromatic rings. The lowest BCUT2D eigenvalue weighted by Gasteiger charge is -2.16. The Labute approximate surface area is 144 Å². The Morgan fingerprint density at radius 1 is 1.24 bits per heavy atom. The van der Waals surface area contributed by atoms with Gasteiger partial charge in [-0.3, -0.25) is 14.9 Å². The lowest BCUT2D eigenvalue weighted by atomic mass is 10.0. The van der Waals surface area contributed by atoms with Crippen molar-refractivity contribution < 1.29 is 14.3 Å². The van der Waals surface area contributed by atoms with E-state index in [1.807, 2.05) is 13.8 Å². The van der Waals surface area contributed by atoms with Crippen LogP contribution in [0, 0.1) is 26.6 Å². The molecule has 7 heteroatoms. The standard InChI is InChI=1S/C18H19FN4O2/c1-9-13(7-17(24)25)18(14-6-12(19)4-5-16(14)21-9)20-8-15-10(2)22-23-11(15)3/h4-6H,7-8H2,1-3H3,(H,20,21)(H,22,23)(H,24,25). The molecular formula is C18H19FN4O2. The monoisotopic (exact) mass is 342 g/mol. The van der Waals surface area contributed by atoms with Gasteiger partial charge in [0.25, 0.3) is 0 Å². The molecule has 25 heavy (non-hydrogen) atoms. The molecule has 2 aromatic heterocycles. The van der Waals surface area contributed by atoms with Crippen LogP contribution < -0.4 is 5.32 Å². The zero-order chi connectivity index (χ0) is 18.1. The molecule has 3 N–H and O–H groups in total. The summed E-state index contributed by atoms with van der Waals surface area (Å²) in [5.74, 6) is -1.35. The summed E-state index contributed by atoms with van der Waals surface area (Å²) in [5, 5.41) is 20.2. The third kappa shape index (κ3) is 3.31. The van der Waals surface area contributed by atoms with Gasteiger partial charge in [0.1, 0.15) is 5.82 Å². The average molecular weight is 342 g/mol. The lowest BCUT2D eigenvalue weighted by molar-refractivity contribution is -0.136. The number of anilines is 1. The lowest BCUT2D eigenvalue weighted by Crippen LogP contribution is -2.11.